The Labute approximate surface area is 206 Å². The maximum absolute atomic E-state index is 13.8. The zero-order valence-electron chi connectivity index (χ0n) is 20.6. The molecule has 190 valence electrons. The highest BCUT2D eigenvalue weighted by molar-refractivity contribution is 6.31. The lowest BCUT2D eigenvalue weighted by molar-refractivity contribution is -0.123. The highest BCUT2D eigenvalue weighted by Crippen LogP contribution is 2.57. The number of Topliss-reactive ketones (excluding diaryl/α,β-unsaturated/α-hetero) is 2. The highest BCUT2D eigenvalue weighted by atomic mass is 16.5. The van der Waals surface area contributed by atoms with Crippen LogP contribution in [0.1, 0.15) is 54.0 Å². The first kappa shape index (κ1) is 25.1. The number of methoxy groups -OCH3 is 1. The summed E-state index contributed by atoms with van der Waals surface area (Å²) in [5.74, 6) is -1.68. The van der Waals surface area contributed by atoms with Gasteiger partial charge in [0.1, 0.15) is 34.0 Å². The zero-order chi connectivity index (χ0) is 26.4. The molecule has 2 aliphatic rings. The van der Waals surface area contributed by atoms with Crippen LogP contribution in [0.3, 0.4) is 0 Å². The fourth-order valence-corrected chi connectivity index (χ4v) is 4.49. The first-order valence-corrected chi connectivity index (χ1v) is 11.4. The number of nitrogens with one attached hydrogen (secondary N) is 1. The number of fused-ring (bicyclic) bond motifs is 3. The van der Waals surface area contributed by atoms with Crippen molar-refractivity contribution in [3.8, 4) is 17.2 Å². The van der Waals surface area contributed by atoms with E-state index < -0.39 is 28.5 Å². The van der Waals surface area contributed by atoms with Crippen LogP contribution in [0.25, 0.3) is 0 Å². The number of carbonyl (C=O) groups excluding carboxylic acids is 3. The summed E-state index contributed by atoms with van der Waals surface area (Å²) < 4.78 is 15.9. The molecular weight excluding hydrogens is 470 g/mol. The summed E-state index contributed by atoms with van der Waals surface area (Å²) >= 11 is 0. The monoisotopic (exact) mass is 497 g/mol. The van der Waals surface area contributed by atoms with Crippen molar-refractivity contribution in [1.29, 1.82) is 0 Å². The molecule has 0 spiro atoms. The first-order chi connectivity index (χ1) is 17.0. The van der Waals surface area contributed by atoms with Gasteiger partial charge in [-0.3, -0.25) is 14.4 Å². The van der Waals surface area contributed by atoms with Crippen LogP contribution in [0.15, 0.2) is 27.6 Å². The van der Waals surface area contributed by atoms with Gasteiger partial charge in [-0.1, -0.05) is 5.16 Å². The largest absolute Gasteiger partial charge is 0.507 e. The summed E-state index contributed by atoms with van der Waals surface area (Å²) in [4.78, 5) is 43.2. The number of aromatic nitrogens is 2. The van der Waals surface area contributed by atoms with E-state index in [0.717, 1.165) is 0 Å². The summed E-state index contributed by atoms with van der Waals surface area (Å²) in [5.41, 5.74) is -1.39. The molecule has 0 radical (unpaired) electrons. The Balaban J connectivity index is 1.64. The van der Waals surface area contributed by atoms with Crippen molar-refractivity contribution < 1.29 is 38.6 Å². The molecule has 1 aromatic heterocycles. The molecule has 3 N–H and O–H groups in total. The summed E-state index contributed by atoms with van der Waals surface area (Å²) in [7, 11) is 1.58. The number of phenolic OH excluding ortho intramolecular Hbond substituents is 2. The predicted molar refractivity (Wildman–Crippen MR) is 125 cm³/mol. The number of nitrogens with zero attached hydrogens (tertiary/aromatic N) is 2. The number of phenols is 2. The Bertz CT molecular complexity index is 1350. The standard InChI is InChI=1S/C25H27N3O8/c1-11-21(31)19(13(3)29)23-20(22(11)32)25(4)15(35-23)10-14(30)18(24(25)33)12(2)26-8-6-17-27-16(28-36-17)7-9-34-5/h10,26,31-32H,6-9H2,1-5H3/t25-/m0/s1. The van der Waals surface area contributed by atoms with Crippen molar-refractivity contribution in [3.05, 3.63) is 51.5 Å². The molecular formula is C25H27N3O8. The van der Waals surface area contributed by atoms with Crippen LogP contribution in [0.2, 0.25) is 0 Å². The lowest BCUT2D eigenvalue weighted by Crippen LogP contribution is -2.41. The van der Waals surface area contributed by atoms with E-state index in [1.807, 2.05) is 0 Å². The van der Waals surface area contributed by atoms with E-state index in [9.17, 15) is 24.6 Å². The van der Waals surface area contributed by atoms with Crippen LogP contribution < -0.4 is 10.1 Å². The molecule has 0 saturated heterocycles. The van der Waals surface area contributed by atoms with Gasteiger partial charge in [-0.25, -0.2) is 0 Å². The van der Waals surface area contributed by atoms with Crippen LogP contribution in [0.5, 0.6) is 17.2 Å². The van der Waals surface area contributed by atoms with E-state index in [2.05, 4.69) is 15.5 Å². The summed E-state index contributed by atoms with van der Waals surface area (Å²) in [6, 6.07) is 0. The third kappa shape index (κ3) is 3.85. The molecule has 0 amide bonds. The topological polar surface area (TPSA) is 161 Å². The van der Waals surface area contributed by atoms with Crippen molar-refractivity contribution in [3.63, 3.8) is 0 Å². The fourth-order valence-electron chi connectivity index (χ4n) is 4.49. The van der Waals surface area contributed by atoms with E-state index in [1.54, 1.807) is 14.0 Å². The van der Waals surface area contributed by atoms with Crippen LogP contribution in [-0.2, 0) is 32.6 Å². The van der Waals surface area contributed by atoms with Crippen molar-refractivity contribution in [1.82, 2.24) is 15.5 Å². The van der Waals surface area contributed by atoms with Gasteiger partial charge in [-0.05, 0) is 27.7 Å². The second kappa shape index (κ2) is 9.23. The van der Waals surface area contributed by atoms with E-state index in [-0.39, 0.29) is 39.5 Å². The quantitative estimate of drug-likeness (QED) is 0.278. The number of carbonyl (C=O) groups is 3. The number of allylic oxidation sites excluding steroid dienone is 4. The zero-order valence-corrected chi connectivity index (χ0v) is 20.6. The minimum absolute atomic E-state index is 0.0127. The molecule has 11 nitrogen and oxygen atoms in total. The number of hydrogen-bond acceptors (Lipinski definition) is 11. The third-order valence-electron chi connectivity index (χ3n) is 6.53. The molecule has 1 aromatic carbocycles. The Morgan fingerprint density at radius 1 is 1.19 bits per heavy atom. The fraction of sp³-hybridized carbons (Fsp3) is 0.400. The molecule has 2 aromatic rings. The molecule has 1 aliphatic carbocycles. The molecule has 0 fully saturated rings. The first-order valence-electron chi connectivity index (χ1n) is 11.4. The Morgan fingerprint density at radius 2 is 1.92 bits per heavy atom. The Kier molecular flexibility index (Phi) is 6.44. The normalized spacial score (nSPS) is 20.0. The molecule has 4 rings (SSSR count). The van der Waals surface area contributed by atoms with Gasteiger partial charge in [-0.15, -0.1) is 0 Å². The maximum atomic E-state index is 13.8. The van der Waals surface area contributed by atoms with Crippen molar-refractivity contribution >= 4 is 17.3 Å². The number of ether oxygens (including phenoxy) is 2. The minimum atomic E-state index is -1.56. The Morgan fingerprint density at radius 3 is 2.58 bits per heavy atom. The van der Waals surface area contributed by atoms with Crippen molar-refractivity contribution in [2.24, 2.45) is 0 Å². The lowest BCUT2D eigenvalue weighted by atomic mass is 9.70. The number of hydrogen-bond donors (Lipinski definition) is 3. The smallest absolute Gasteiger partial charge is 0.228 e. The summed E-state index contributed by atoms with van der Waals surface area (Å²) in [5, 5.41) is 28.2. The second-order valence-corrected chi connectivity index (χ2v) is 8.91. The van der Waals surface area contributed by atoms with Gasteiger partial charge in [0.15, 0.2) is 23.2 Å². The third-order valence-corrected chi connectivity index (χ3v) is 6.53. The number of benzene rings is 1. The molecule has 1 aliphatic heterocycles. The maximum Gasteiger partial charge on any atom is 0.228 e. The summed E-state index contributed by atoms with van der Waals surface area (Å²) in [6.45, 7) is 6.58. The van der Waals surface area contributed by atoms with E-state index >= 15 is 0 Å². The van der Waals surface area contributed by atoms with Gasteiger partial charge < -0.3 is 29.5 Å². The predicted octanol–water partition coefficient (Wildman–Crippen LogP) is 1.97. The minimum Gasteiger partial charge on any atom is -0.507 e. The van der Waals surface area contributed by atoms with Crippen LogP contribution >= 0.6 is 0 Å². The average molecular weight is 498 g/mol. The van der Waals surface area contributed by atoms with Crippen LogP contribution in [0, 0.1) is 6.92 Å². The number of rotatable bonds is 8. The van der Waals surface area contributed by atoms with Gasteiger partial charge in [0.05, 0.1) is 17.7 Å². The van der Waals surface area contributed by atoms with Crippen LogP contribution in [0.4, 0.5) is 0 Å². The number of ketones is 3. The van der Waals surface area contributed by atoms with E-state index in [0.29, 0.717) is 43.4 Å². The second-order valence-electron chi connectivity index (χ2n) is 8.91. The molecule has 2 heterocycles. The van der Waals surface area contributed by atoms with Gasteiger partial charge >= 0.3 is 0 Å². The Hall–Kier alpha value is -3.99. The van der Waals surface area contributed by atoms with Crippen molar-refractivity contribution in [2.75, 3.05) is 20.3 Å². The molecule has 0 unspecified atom stereocenters. The van der Waals surface area contributed by atoms with E-state index in [4.69, 9.17) is 14.0 Å². The highest BCUT2D eigenvalue weighted by Gasteiger charge is 2.56. The van der Waals surface area contributed by atoms with Gasteiger partial charge in [-0.2, -0.15) is 4.98 Å². The van der Waals surface area contributed by atoms with Gasteiger partial charge in [0.2, 0.25) is 5.89 Å². The summed E-state index contributed by atoms with van der Waals surface area (Å²) in [6.07, 6.45) is 2.06. The van der Waals surface area contributed by atoms with Crippen molar-refractivity contribution in [2.45, 2.75) is 46.0 Å². The van der Waals surface area contributed by atoms with Crippen LogP contribution in [-0.4, -0.2) is 58.0 Å². The van der Waals surface area contributed by atoms with Gasteiger partial charge in [0, 0.05) is 43.8 Å². The number of aromatic hydroxyl groups is 2. The van der Waals surface area contributed by atoms with Gasteiger partial charge in [0.25, 0.3) is 0 Å². The SMILES string of the molecule is COCCc1noc(CCNC(C)=C2C(=O)C=C3Oc4c(C(C)=O)c(O)c(C)c(O)c4[C@@]3(C)C2=O)n1. The molecule has 0 bridgehead atoms. The lowest BCUT2D eigenvalue weighted by Gasteiger charge is -2.29. The molecule has 0 saturated carbocycles. The van der Waals surface area contributed by atoms with E-state index in [1.165, 1.54) is 26.8 Å². The molecule has 36 heavy (non-hydrogen) atoms. The molecule has 1 atom stereocenters. The molecule has 11 heteroatoms. The average Bonchev–Trinajstić information content (AvgIpc) is 3.38.